The molecule has 0 radical (unpaired) electrons. The van der Waals surface area contributed by atoms with E-state index in [-0.39, 0.29) is 0 Å². The third kappa shape index (κ3) is 2.08. The van der Waals surface area contributed by atoms with Crippen LogP contribution in [0, 0.1) is 12.3 Å². The highest BCUT2D eigenvalue weighted by atomic mass is 35.5. The average molecular weight is 268 g/mol. The average Bonchev–Trinajstić information content (AvgIpc) is 2.21. The predicted molar refractivity (Wildman–Crippen MR) is 68.7 cm³/mol. The van der Waals surface area contributed by atoms with Gasteiger partial charge in [0.1, 0.15) is 5.41 Å². The smallest absolute Gasteiger partial charge is 0.319 e. The quantitative estimate of drug-likeness (QED) is 0.828. The highest BCUT2D eigenvalue weighted by molar-refractivity contribution is 6.31. The summed E-state index contributed by atoms with van der Waals surface area (Å²) in [6.45, 7) is 1.83. The summed E-state index contributed by atoms with van der Waals surface area (Å²) in [5.74, 6) is -1.50. The van der Waals surface area contributed by atoms with Crippen molar-refractivity contribution in [2.24, 2.45) is 5.41 Å². The molecule has 18 heavy (non-hydrogen) atoms. The number of carboxylic acids is 1. The van der Waals surface area contributed by atoms with Crippen LogP contribution in [0.25, 0.3) is 0 Å². The number of carbonyl (C=O) groups excluding carboxylic acids is 1. The van der Waals surface area contributed by atoms with Crippen molar-refractivity contribution in [3.63, 3.8) is 0 Å². The summed E-state index contributed by atoms with van der Waals surface area (Å²) >= 11 is 5.86. The number of aliphatic carboxylic acids is 1. The van der Waals surface area contributed by atoms with Crippen LogP contribution in [0.2, 0.25) is 5.02 Å². The Morgan fingerprint density at radius 3 is 2.56 bits per heavy atom. The maximum atomic E-state index is 12.1. The second-order valence-electron chi connectivity index (χ2n) is 4.65. The number of benzene rings is 1. The molecule has 0 aromatic heterocycles. The fourth-order valence-corrected chi connectivity index (χ4v) is 2.21. The van der Waals surface area contributed by atoms with E-state index in [0.717, 1.165) is 12.0 Å². The molecule has 1 aliphatic rings. The third-order valence-corrected chi connectivity index (χ3v) is 3.73. The van der Waals surface area contributed by atoms with Crippen molar-refractivity contribution in [2.75, 3.05) is 5.32 Å². The molecule has 96 valence electrons. The molecule has 1 fully saturated rings. The molecule has 2 rings (SSSR count). The van der Waals surface area contributed by atoms with E-state index in [1.165, 1.54) is 0 Å². The van der Waals surface area contributed by atoms with Crippen LogP contribution in [-0.4, -0.2) is 17.0 Å². The lowest BCUT2D eigenvalue weighted by Crippen LogP contribution is -2.48. The van der Waals surface area contributed by atoms with Crippen molar-refractivity contribution in [1.29, 1.82) is 0 Å². The summed E-state index contributed by atoms with van der Waals surface area (Å²) < 4.78 is 0. The molecular formula is C13H14ClNO3. The van der Waals surface area contributed by atoms with Gasteiger partial charge in [-0.25, -0.2) is 0 Å². The van der Waals surface area contributed by atoms with E-state index in [1.807, 2.05) is 6.92 Å². The van der Waals surface area contributed by atoms with Crippen LogP contribution >= 0.6 is 11.6 Å². The van der Waals surface area contributed by atoms with Crippen LogP contribution in [-0.2, 0) is 9.59 Å². The molecule has 1 aromatic carbocycles. The van der Waals surface area contributed by atoms with Crippen molar-refractivity contribution < 1.29 is 14.7 Å². The van der Waals surface area contributed by atoms with Crippen molar-refractivity contribution >= 4 is 29.2 Å². The van der Waals surface area contributed by atoms with Gasteiger partial charge in [0.15, 0.2) is 0 Å². The minimum atomic E-state index is -1.26. The van der Waals surface area contributed by atoms with E-state index in [2.05, 4.69) is 5.32 Å². The maximum absolute atomic E-state index is 12.1. The molecule has 0 spiro atoms. The Labute approximate surface area is 110 Å². The van der Waals surface area contributed by atoms with Crippen LogP contribution in [0.4, 0.5) is 5.69 Å². The summed E-state index contributed by atoms with van der Waals surface area (Å²) in [5.41, 5.74) is 0.169. The summed E-state index contributed by atoms with van der Waals surface area (Å²) in [4.78, 5) is 23.3. The predicted octanol–water partition coefficient (Wildman–Crippen LogP) is 2.84. The van der Waals surface area contributed by atoms with Gasteiger partial charge in [-0.2, -0.15) is 0 Å². The molecule has 1 aromatic rings. The van der Waals surface area contributed by atoms with E-state index in [1.54, 1.807) is 18.2 Å². The zero-order valence-electron chi connectivity index (χ0n) is 10.00. The SMILES string of the molecule is Cc1ccc(Cl)cc1NC(=O)C1(C(=O)O)CCC1. The molecule has 2 N–H and O–H groups in total. The number of rotatable bonds is 3. The van der Waals surface area contributed by atoms with Crippen LogP contribution < -0.4 is 5.32 Å². The molecule has 1 aliphatic carbocycles. The van der Waals surface area contributed by atoms with Gasteiger partial charge in [0, 0.05) is 10.7 Å². The number of hydrogen-bond acceptors (Lipinski definition) is 2. The Morgan fingerprint density at radius 1 is 1.39 bits per heavy atom. The Balaban J connectivity index is 2.21. The standard InChI is InChI=1S/C13H14ClNO3/c1-8-3-4-9(14)7-10(8)15-11(16)13(12(17)18)5-2-6-13/h3-4,7H,2,5-6H2,1H3,(H,15,16)(H,17,18). The summed E-state index contributed by atoms with van der Waals surface area (Å²) in [7, 11) is 0. The minimum absolute atomic E-state index is 0.397. The number of hydrogen-bond donors (Lipinski definition) is 2. The topological polar surface area (TPSA) is 66.4 Å². The Kier molecular flexibility index (Phi) is 3.30. The van der Waals surface area contributed by atoms with Crippen LogP contribution in [0.15, 0.2) is 18.2 Å². The minimum Gasteiger partial charge on any atom is -0.480 e. The van der Waals surface area contributed by atoms with E-state index >= 15 is 0 Å². The molecule has 0 saturated heterocycles. The molecule has 4 nitrogen and oxygen atoms in total. The van der Waals surface area contributed by atoms with E-state index in [0.29, 0.717) is 23.6 Å². The van der Waals surface area contributed by atoms with Gasteiger partial charge in [-0.05, 0) is 37.5 Å². The number of amides is 1. The summed E-state index contributed by atoms with van der Waals surface area (Å²) in [6, 6.07) is 5.14. The monoisotopic (exact) mass is 267 g/mol. The third-order valence-electron chi connectivity index (χ3n) is 3.50. The van der Waals surface area contributed by atoms with Gasteiger partial charge in [0.05, 0.1) is 0 Å². The maximum Gasteiger partial charge on any atom is 0.319 e. The normalized spacial score (nSPS) is 16.8. The zero-order chi connectivity index (χ0) is 13.3. The van der Waals surface area contributed by atoms with Gasteiger partial charge < -0.3 is 10.4 Å². The van der Waals surface area contributed by atoms with Gasteiger partial charge in [0.2, 0.25) is 5.91 Å². The van der Waals surface area contributed by atoms with Gasteiger partial charge in [-0.1, -0.05) is 24.1 Å². The first-order valence-corrected chi connectivity index (χ1v) is 6.14. The number of nitrogens with one attached hydrogen (secondary N) is 1. The molecule has 0 atom stereocenters. The van der Waals surface area contributed by atoms with Crippen LogP contribution in [0.5, 0.6) is 0 Å². The van der Waals surface area contributed by atoms with E-state index in [9.17, 15) is 9.59 Å². The Hall–Kier alpha value is -1.55. The molecule has 5 heteroatoms. The van der Waals surface area contributed by atoms with Crippen molar-refractivity contribution in [3.05, 3.63) is 28.8 Å². The second kappa shape index (κ2) is 4.61. The van der Waals surface area contributed by atoms with E-state index in [4.69, 9.17) is 16.7 Å². The Morgan fingerprint density at radius 2 is 2.06 bits per heavy atom. The highest BCUT2D eigenvalue weighted by Gasteiger charge is 2.51. The van der Waals surface area contributed by atoms with Crippen molar-refractivity contribution in [3.8, 4) is 0 Å². The van der Waals surface area contributed by atoms with Gasteiger partial charge in [-0.15, -0.1) is 0 Å². The lowest BCUT2D eigenvalue weighted by Gasteiger charge is -2.35. The molecule has 1 saturated carbocycles. The number of aryl methyl sites for hydroxylation is 1. The zero-order valence-corrected chi connectivity index (χ0v) is 10.8. The first-order chi connectivity index (χ1) is 8.45. The molecule has 0 aliphatic heterocycles. The Bertz CT molecular complexity index is 509. The highest BCUT2D eigenvalue weighted by Crippen LogP contribution is 2.42. The van der Waals surface area contributed by atoms with E-state index < -0.39 is 17.3 Å². The van der Waals surface area contributed by atoms with Gasteiger partial charge >= 0.3 is 5.97 Å². The van der Waals surface area contributed by atoms with Crippen LogP contribution in [0.3, 0.4) is 0 Å². The number of carbonyl (C=O) groups is 2. The second-order valence-corrected chi connectivity index (χ2v) is 5.09. The lowest BCUT2D eigenvalue weighted by atomic mass is 9.68. The lowest BCUT2D eigenvalue weighted by molar-refractivity contribution is -0.159. The largest absolute Gasteiger partial charge is 0.480 e. The van der Waals surface area contributed by atoms with Crippen molar-refractivity contribution in [2.45, 2.75) is 26.2 Å². The molecular weight excluding hydrogens is 254 g/mol. The molecule has 0 heterocycles. The van der Waals surface area contributed by atoms with Crippen LogP contribution in [0.1, 0.15) is 24.8 Å². The summed E-state index contributed by atoms with van der Waals surface area (Å²) in [6.07, 6.45) is 1.57. The number of carboxylic acid groups (broad SMARTS) is 1. The first-order valence-electron chi connectivity index (χ1n) is 5.77. The molecule has 0 unspecified atom stereocenters. The fourth-order valence-electron chi connectivity index (χ4n) is 2.04. The summed E-state index contributed by atoms with van der Waals surface area (Å²) in [5, 5.41) is 12.3. The van der Waals surface area contributed by atoms with Gasteiger partial charge in [-0.3, -0.25) is 9.59 Å². The molecule has 1 amide bonds. The van der Waals surface area contributed by atoms with Gasteiger partial charge in [0.25, 0.3) is 0 Å². The number of halogens is 1. The fraction of sp³-hybridized carbons (Fsp3) is 0.385. The molecule has 0 bridgehead atoms. The first kappa shape index (κ1) is 12.9. The van der Waals surface area contributed by atoms with Crippen molar-refractivity contribution in [1.82, 2.24) is 0 Å². The number of anilines is 1.